The second kappa shape index (κ2) is 16.4. The molecule has 3 rings (SSSR count). The van der Waals surface area contributed by atoms with Crippen molar-refractivity contribution < 1.29 is 34.2 Å². The highest BCUT2D eigenvalue weighted by atomic mass is 16.4. The van der Waals surface area contributed by atoms with E-state index in [1.54, 1.807) is 6.20 Å². The Bertz CT molecular complexity index is 1570. The van der Waals surface area contributed by atoms with Crippen LogP contribution in [-0.4, -0.2) is 81.5 Å². The second-order valence-electron chi connectivity index (χ2n) is 10.7. The van der Waals surface area contributed by atoms with E-state index < -0.39 is 60.2 Å². The lowest BCUT2D eigenvalue weighted by atomic mass is 10.0. The second-order valence-corrected chi connectivity index (χ2v) is 10.7. The highest BCUT2D eigenvalue weighted by molar-refractivity contribution is 5.96. The molecule has 3 aromatic rings. The third-order valence-electron chi connectivity index (χ3n) is 7.07. The van der Waals surface area contributed by atoms with Crippen molar-refractivity contribution in [2.45, 2.75) is 56.3 Å². The number of nitrogens with two attached hydrogens (primary N) is 4. The molecule has 0 bridgehead atoms. The summed E-state index contributed by atoms with van der Waals surface area (Å²) in [6, 6.07) is 7.73. The van der Waals surface area contributed by atoms with Gasteiger partial charge in [0.2, 0.25) is 23.6 Å². The number of nitrogens with one attached hydrogen (secondary N) is 4. The Morgan fingerprint density at radius 1 is 0.826 bits per heavy atom. The maximum Gasteiger partial charge on any atom is 0.326 e. The van der Waals surface area contributed by atoms with Gasteiger partial charge in [0.25, 0.3) is 0 Å². The number of phenols is 1. The number of carboxylic acid groups (broad SMARTS) is 1. The van der Waals surface area contributed by atoms with E-state index >= 15 is 0 Å². The molecule has 0 aliphatic rings. The number of phenolic OH excluding ortho intramolecular Hbond substituents is 1. The van der Waals surface area contributed by atoms with Crippen LogP contribution in [0.2, 0.25) is 0 Å². The molecule has 16 heteroatoms. The maximum absolute atomic E-state index is 13.6. The average molecular weight is 638 g/mol. The number of para-hydroxylation sites is 1. The van der Waals surface area contributed by atoms with Crippen molar-refractivity contribution in [3.63, 3.8) is 0 Å². The Morgan fingerprint density at radius 3 is 2.11 bits per heavy atom. The van der Waals surface area contributed by atoms with Gasteiger partial charge < -0.3 is 54.1 Å². The summed E-state index contributed by atoms with van der Waals surface area (Å²) in [4.78, 5) is 70.7. The molecule has 46 heavy (non-hydrogen) atoms. The number of amides is 4. The lowest BCUT2D eigenvalue weighted by molar-refractivity contribution is -0.142. The minimum atomic E-state index is -1.57. The van der Waals surface area contributed by atoms with Gasteiger partial charge in [-0.3, -0.25) is 24.2 Å². The summed E-state index contributed by atoms with van der Waals surface area (Å²) >= 11 is 0. The first-order valence-electron chi connectivity index (χ1n) is 14.4. The average Bonchev–Trinajstić information content (AvgIpc) is 3.41. The van der Waals surface area contributed by atoms with Crippen molar-refractivity contribution in [3.05, 3.63) is 65.9 Å². The topological polar surface area (TPSA) is 294 Å². The number of carbonyl (C=O) groups excluding carboxylic acids is 4. The molecule has 14 N–H and O–H groups in total. The Labute approximate surface area is 264 Å². The summed E-state index contributed by atoms with van der Waals surface area (Å²) in [5.74, 6) is -4.90. The van der Waals surface area contributed by atoms with Gasteiger partial charge in [0.05, 0.1) is 12.5 Å². The monoisotopic (exact) mass is 637 g/mol. The van der Waals surface area contributed by atoms with E-state index in [9.17, 15) is 34.2 Å². The number of aromatic hydroxyl groups is 1. The lowest BCUT2D eigenvalue weighted by Gasteiger charge is -2.25. The first kappa shape index (κ1) is 34.8. The number of carbonyl (C=O) groups is 5. The predicted octanol–water partition coefficient (Wildman–Crippen LogP) is -1.55. The fourth-order valence-electron chi connectivity index (χ4n) is 4.68. The lowest BCUT2D eigenvalue weighted by Crippen LogP contribution is -2.58. The molecule has 1 aromatic heterocycles. The summed E-state index contributed by atoms with van der Waals surface area (Å²) in [6.07, 6.45) is 1.45. The van der Waals surface area contributed by atoms with E-state index in [1.807, 2.05) is 24.3 Å². The normalized spacial score (nSPS) is 13.5. The number of primary amides is 1. The number of aromatic nitrogens is 1. The van der Waals surface area contributed by atoms with Crippen molar-refractivity contribution in [3.8, 4) is 5.75 Å². The van der Waals surface area contributed by atoms with Gasteiger partial charge >= 0.3 is 5.97 Å². The van der Waals surface area contributed by atoms with Crippen LogP contribution in [0.3, 0.4) is 0 Å². The zero-order valence-corrected chi connectivity index (χ0v) is 24.9. The third-order valence-corrected chi connectivity index (χ3v) is 7.07. The van der Waals surface area contributed by atoms with Crippen LogP contribution in [0.4, 0.5) is 0 Å². The molecule has 1 heterocycles. The Kier molecular flexibility index (Phi) is 12.5. The first-order chi connectivity index (χ1) is 21.8. The van der Waals surface area contributed by atoms with Crippen LogP contribution >= 0.6 is 0 Å². The summed E-state index contributed by atoms with van der Waals surface area (Å²) in [7, 11) is 0. The SMILES string of the molecule is NC(=O)CC(NC(=O)C(Cc1c[nH]c2ccccc12)NC(=O)C(N)CCCN=C(N)N)C(=O)NC(Cc1ccc(O)cc1)C(=O)O. The van der Waals surface area contributed by atoms with Crippen molar-refractivity contribution in [2.75, 3.05) is 6.54 Å². The molecule has 4 amide bonds. The van der Waals surface area contributed by atoms with E-state index in [-0.39, 0.29) is 37.5 Å². The minimum absolute atomic E-state index is 0.0220. The van der Waals surface area contributed by atoms with Crippen molar-refractivity contribution in [1.29, 1.82) is 0 Å². The maximum atomic E-state index is 13.6. The first-order valence-corrected chi connectivity index (χ1v) is 14.4. The number of guanidine groups is 1. The van der Waals surface area contributed by atoms with Gasteiger partial charge in [-0.2, -0.15) is 0 Å². The van der Waals surface area contributed by atoms with Crippen molar-refractivity contribution >= 4 is 46.5 Å². The number of benzene rings is 2. The number of aliphatic imine (C=N–C) groups is 1. The molecule has 4 atom stereocenters. The number of nitrogens with zero attached hydrogens (tertiary/aromatic N) is 1. The molecule has 246 valence electrons. The van der Waals surface area contributed by atoms with Crippen LogP contribution in [-0.2, 0) is 36.8 Å². The number of carboxylic acids is 1. The van der Waals surface area contributed by atoms with Gasteiger partial charge in [-0.15, -0.1) is 0 Å². The molecule has 0 aliphatic heterocycles. The summed E-state index contributed by atoms with van der Waals surface area (Å²) in [5.41, 5.74) is 24.0. The molecule has 0 fully saturated rings. The molecule has 0 saturated heterocycles. The fraction of sp³-hybridized carbons (Fsp3) is 0.333. The molecule has 0 radical (unpaired) electrons. The third kappa shape index (κ3) is 10.5. The molecule has 16 nitrogen and oxygen atoms in total. The molecule has 0 saturated carbocycles. The van der Waals surface area contributed by atoms with E-state index in [4.69, 9.17) is 22.9 Å². The molecule has 4 unspecified atom stereocenters. The van der Waals surface area contributed by atoms with Crippen LogP contribution in [0.5, 0.6) is 5.75 Å². The van der Waals surface area contributed by atoms with Gasteiger partial charge in [-0.1, -0.05) is 30.3 Å². The smallest absolute Gasteiger partial charge is 0.326 e. The van der Waals surface area contributed by atoms with E-state index in [1.165, 1.54) is 24.3 Å². The molecule has 2 aromatic carbocycles. The minimum Gasteiger partial charge on any atom is -0.508 e. The Balaban J connectivity index is 1.80. The number of H-pyrrole nitrogens is 1. The highest BCUT2D eigenvalue weighted by Crippen LogP contribution is 2.19. The molecule has 0 spiro atoms. The van der Waals surface area contributed by atoms with E-state index in [0.29, 0.717) is 17.5 Å². The quantitative estimate of drug-likeness (QED) is 0.0462. The van der Waals surface area contributed by atoms with E-state index in [0.717, 1.165) is 10.9 Å². The van der Waals surface area contributed by atoms with Crippen LogP contribution < -0.4 is 38.9 Å². The van der Waals surface area contributed by atoms with E-state index in [2.05, 4.69) is 25.9 Å². The van der Waals surface area contributed by atoms with Gasteiger partial charge in [0, 0.05) is 36.5 Å². The van der Waals surface area contributed by atoms with Crippen LogP contribution in [0, 0.1) is 0 Å². The van der Waals surface area contributed by atoms with Crippen LogP contribution in [0.15, 0.2) is 59.7 Å². The number of hydrogen-bond donors (Lipinski definition) is 10. The van der Waals surface area contributed by atoms with Crippen LogP contribution in [0.1, 0.15) is 30.4 Å². The summed E-state index contributed by atoms with van der Waals surface area (Å²) < 4.78 is 0. The van der Waals surface area contributed by atoms with Crippen molar-refractivity contribution in [1.82, 2.24) is 20.9 Å². The number of aromatic amines is 1. The zero-order chi connectivity index (χ0) is 33.8. The van der Waals surface area contributed by atoms with Crippen LogP contribution in [0.25, 0.3) is 10.9 Å². The number of aliphatic carboxylic acids is 1. The molecule has 0 aliphatic carbocycles. The summed E-state index contributed by atoms with van der Waals surface area (Å²) in [5, 5.41) is 27.4. The Hall–Kier alpha value is -5.64. The number of hydrogen-bond acceptors (Lipinski definition) is 8. The van der Waals surface area contributed by atoms with Crippen molar-refractivity contribution in [2.24, 2.45) is 27.9 Å². The highest BCUT2D eigenvalue weighted by Gasteiger charge is 2.32. The van der Waals surface area contributed by atoms with Gasteiger partial charge in [0.1, 0.15) is 23.9 Å². The zero-order valence-electron chi connectivity index (χ0n) is 24.9. The predicted molar refractivity (Wildman–Crippen MR) is 169 cm³/mol. The largest absolute Gasteiger partial charge is 0.508 e. The molecular weight excluding hydrogens is 598 g/mol. The summed E-state index contributed by atoms with van der Waals surface area (Å²) in [6.45, 7) is 0.247. The standard InChI is InChI=1S/C30H39N9O7/c31-20(5-3-11-35-30(33)34)26(42)37-22(13-17-15-36-21-6-2-1-4-19(17)21)27(43)38-23(14-25(32)41)28(44)39-24(29(45)46)12-16-7-9-18(40)10-8-16/h1-2,4,6-10,15,20,22-24,36,40H,3,5,11-14,31H2,(H2,32,41)(H,37,42)(H,38,43)(H,39,44)(H,45,46)(H4,33,34,35). The van der Waals surface area contributed by atoms with Gasteiger partial charge in [-0.25, -0.2) is 4.79 Å². The fourth-order valence-corrected chi connectivity index (χ4v) is 4.68. The van der Waals surface area contributed by atoms with Gasteiger partial charge in [-0.05, 0) is 42.2 Å². The Morgan fingerprint density at radius 2 is 1.46 bits per heavy atom. The number of fused-ring (bicyclic) bond motifs is 1. The van der Waals surface area contributed by atoms with Gasteiger partial charge in [0.15, 0.2) is 5.96 Å². The molecular formula is C30H39N9O7. The number of rotatable bonds is 17.